The predicted molar refractivity (Wildman–Crippen MR) is 107 cm³/mol. The molecule has 0 radical (unpaired) electrons. The van der Waals surface area contributed by atoms with Gasteiger partial charge in [0.2, 0.25) is 0 Å². The summed E-state index contributed by atoms with van der Waals surface area (Å²) in [6, 6.07) is 13.2. The standard InChI is InChI=1S/C18H18BrN5O2/c1-25-13-6-7-14(15(9-13)26-2)24-18-16(20)17(21-10-22-18)23-12-5-3-4-11(19)8-12/h3-10H,20H2,1-2H3,(H2,21,22,23,24). The fourth-order valence-electron chi connectivity index (χ4n) is 2.33. The molecule has 26 heavy (non-hydrogen) atoms. The molecule has 0 amide bonds. The van der Waals surface area contributed by atoms with Crippen molar-refractivity contribution in [2.45, 2.75) is 0 Å². The van der Waals surface area contributed by atoms with Crippen molar-refractivity contribution in [2.24, 2.45) is 0 Å². The van der Waals surface area contributed by atoms with Gasteiger partial charge in [0.1, 0.15) is 23.5 Å². The van der Waals surface area contributed by atoms with Crippen LogP contribution in [0.1, 0.15) is 0 Å². The number of halogens is 1. The quantitative estimate of drug-likeness (QED) is 0.551. The summed E-state index contributed by atoms with van der Waals surface area (Å²) in [4.78, 5) is 8.45. The first-order valence-corrected chi connectivity index (χ1v) is 8.52. The maximum absolute atomic E-state index is 6.24. The number of rotatable bonds is 6. The van der Waals surface area contributed by atoms with Crippen LogP contribution in [0.5, 0.6) is 11.5 Å². The van der Waals surface area contributed by atoms with Crippen LogP contribution >= 0.6 is 15.9 Å². The second-order valence-electron chi connectivity index (χ2n) is 5.31. The highest BCUT2D eigenvalue weighted by Crippen LogP contribution is 2.34. The van der Waals surface area contributed by atoms with Crippen LogP contribution in [0, 0.1) is 0 Å². The summed E-state index contributed by atoms with van der Waals surface area (Å²) in [5, 5.41) is 6.36. The van der Waals surface area contributed by atoms with Crippen LogP contribution in [0.4, 0.5) is 28.7 Å². The molecule has 0 bridgehead atoms. The highest BCUT2D eigenvalue weighted by molar-refractivity contribution is 9.10. The van der Waals surface area contributed by atoms with Gasteiger partial charge in [-0.2, -0.15) is 0 Å². The second kappa shape index (κ2) is 7.92. The Bertz CT molecular complexity index is 920. The topological polar surface area (TPSA) is 94.3 Å². The third-order valence-corrected chi connectivity index (χ3v) is 4.13. The second-order valence-corrected chi connectivity index (χ2v) is 6.23. The van der Waals surface area contributed by atoms with E-state index in [9.17, 15) is 0 Å². The van der Waals surface area contributed by atoms with E-state index in [0.717, 1.165) is 10.2 Å². The summed E-state index contributed by atoms with van der Waals surface area (Å²) in [7, 11) is 3.19. The van der Waals surface area contributed by atoms with Crippen molar-refractivity contribution in [1.82, 2.24) is 9.97 Å². The maximum Gasteiger partial charge on any atom is 0.159 e. The molecule has 0 saturated carbocycles. The smallest absolute Gasteiger partial charge is 0.159 e. The average Bonchev–Trinajstić information content (AvgIpc) is 2.65. The van der Waals surface area contributed by atoms with Crippen LogP contribution in [-0.2, 0) is 0 Å². The van der Waals surface area contributed by atoms with Gasteiger partial charge in [-0.05, 0) is 30.3 Å². The number of hydrogen-bond acceptors (Lipinski definition) is 7. The zero-order valence-corrected chi connectivity index (χ0v) is 15.9. The molecule has 1 heterocycles. The van der Waals surface area contributed by atoms with Gasteiger partial charge in [0.05, 0.1) is 19.9 Å². The minimum atomic E-state index is 0.394. The van der Waals surface area contributed by atoms with Crippen LogP contribution in [0.3, 0.4) is 0 Å². The molecular weight excluding hydrogens is 398 g/mol. The molecule has 1 aromatic heterocycles. The molecule has 0 aliphatic heterocycles. The van der Waals surface area contributed by atoms with Crippen LogP contribution in [0.15, 0.2) is 53.3 Å². The van der Waals surface area contributed by atoms with Crippen LogP contribution in [-0.4, -0.2) is 24.2 Å². The lowest BCUT2D eigenvalue weighted by atomic mass is 10.2. The van der Waals surface area contributed by atoms with Gasteiger partial charge >= 0.3 is 0 Å². The monoisotopic (exact) mass is 415 g/mol. The number of ether oxygens (including phenoxy) is 2. The molecule has 0 saturated heterocycles. The fourth-order valence-corrected chi connectivity index (χ4v) is 2.73. The molecule has 0 aliphatic carbocycles. The van der Waals surface area contributed by atoms with Gasteiger partial charge in [-0.15, -0.1) is 0 Å². The molecule has 8 heteroatoms. The minimum Gasteiger partial charge on any atom is -0.497 e. The van der Waals surface area contributed by atoms with E-state index >= 15 is 0 Å². The first-order chi connectivity index (χ1) is 12.6. The van der Waals surface area contributed by atoms with E-state index in [1.54, 1.807) is 20.3 Å². The Kier molecular flexibility index (Phi) is 5.43. The summed E-state index contributed by atoms with van der Waals surface area (Å²) in [5.74, 6) is 2.29. The zero-order valence-electron chi connectivity index (χ0n) is 14.3. The van der Waals surface area contributed by atoms with Crippen LogP contribution in [0.25, 0.3) is 0 Å². The molecule has 3 aromatic rings. The molecule has 0 fully saturated rings. The summed E-state index contributed by atoms with van der Waals surface area (Å²) < 4.78 is 11.6. The lowest BCUT2D eigenvalue weighted by Gasteiger charge is -2.15. The Morgan fingerprint density at radius 3 is 2.42 bits per heavy atom. The van der Waals surface area contributed by atoms with Gasteiger partial charge in [0.15, 0.2) is 11.6 Å². The van der Waals surface area contributed by atoms with E-state index in [0.29, 0.717) is 34.5 Å². The number of benzene rings is 2. The van der Waals surface area contributed by atoms with Gasteiger partial charge in [0, 0.05) is 16.2 Å². The van der Waals surface area contributed by atoms with Crippen molar-refractivity contribution < 1.29 is 9.47 Å². The Morgan fingerprint density at radius 2 is 1.73 bits per heavy atom. The van der Waals surface area contributed by atoms with Gasteiger partial charge in [0.25, 0.3) is 0 Å². The first kappa shape index (κ1) is 17.8. The SMILES string of the molecule is COc1ccc(Nc2ncnc(Nc3cccc(Br)c3)c2N)c(OC)c1. The van der Waals surface area contributed by atoms with Gasteiger partial charge in [-0.25, -0.2) is 9.97 Å². The van der Waals surface area contributed by atoms with E-state index in [1.807, 2.05) is 36.4 Å². The number of nitrogen functional groups attached to an aromatic ring is 1. The number of anilines is 5. The zero-order chi connectivity index (χ0) is 18.5. The van der Waals surface area contributed by atoms with E-state index < -0.39 is 0 Å². The number of nitrogens with zero attached hydrogens (tertiary/aromatic N) is 2. The number of aromatic nitrogens is 2. The molecule has 134 valence electrons. The highest BCUT2D eigenvalue weighted by Gasteiger charge is 2.12. The van der Waals surface area contributed by atoms with Gasteiger partial charge in [-0.3, -0.25) is 0 Å². The summed E-state index contributed by atoms with van der Waals surface area (Å²) in [6.45, 7) is 0. The molecule has 0 unspecified atom stereocenters. The molecule has 7 nitrogen and oxygen atoms in total. The molecule has 3 rings (SSSR count). The Morgan fingerprint density at radius 1 is 0.962 bits per heavy atom. The van der Waals surface area contributed by atoms with Crippen molar-refractivity contribution in [3.63, 3.8) is 0 Å². The molecule has 0 atom stereocenters. The largest absolute Gasteiger partial charge is 0.497 e. The summed E-state index contributed by atoms with van der Waals surface area (Å²) in [6.07, 6.45) is 1.44. The lowest BCUT2D eigenvalue weighted by molar-refractivity contribution is 0.395. The summed E-state index contributed by atoms with van der Waals surface area (Å²) in [5.41, 5.74) is 8.21. The van der Waals surface area contributed by atoms with Crippen molar-refractivity contribution in [2.75, 3.05) is 30.6 Å². The average molecular weight is 416 g/mol. The normalized spacial score (nSPS) is 10.3. The highest BCUT2D eigenvalue weighted by atomic mass is 79.9. The van der Waals surface area contributed by atoms with E-state index in [4.69, 9.17) is 15.2 Å². The Labute approximate surface area is 159 Å². The third kappa shape index (κ3) is 3.97. The number of hydrogen-bond donors (Lipinski definition) is 3. The van der Waals surface area contributed by atoms with E-state index in [1.165, 1.54) is 6.33 Å². The van der Waals surface area contributed by atoms with Crippen molar-refractivity contribution in [3.8, 4) is 11.5 Å². The Hall–Kier alpha value is -3.00. The molecular formula is C18H18BrN5O2. The van der Waals surface area contributed by atoms with Crippen LogP contribution in [0.2, 0.25) is 0 Å². The van der Waals surface area contributed by atoms with Gasteiger partial charge < -0.3 is 25.8 Å². The van der Waals surface area contributed by atoms with Crippen molar-refractivity contribution in [3.05, 3.63) is 53.3 Å². The third-order valence-electron chi connectivity index (χ3n) is 3.63. The summed E-state index contributed by atoms with van der Waals surface area (Å²) >= 11 is 3.44. The van der Waals surface area contributed by atoms with Crippen molar-refractivity contribution >= 4 is 44.6 Å². The Balaban J connectivity index is 1.88. The number of nitrogens with one attached hydrogen (secondary N) is 2. The molecule has 2 aromatic carbocycles. The molecule has 0 aliphatic rings. The molecule has 0 spiro atoms. The van der Waals surface area contributed by atoms with E-state index in [2.05, 4.69) is 36.5 Å². The lowest BCUT2D eigenvalue weighted by Crippen LogP contribution is -2.06. The fraction of sp³-hybridized carbons (Fsp3) is 0.111. The maximum atomic E-state index is 6.24. The molecule has 4 N–H and O–H groups in total. The number of methoxy groups -OCH3 is 2. The number of nitrogens with two attached hydrogens (primary N) is 1. The van der Waals surface area contributed by atoms with E-state index in [-0.39, 0.29) is 0 Å². The first-order valence-electron chi connectivity index (χ1n) is 7.73. The minimum absolute atomic E-state index is 0.394. The predicted octanol–water partition coefficient (Wildman–Crippen LogP) is 4.33. The van der Waals surface area contributed by atoms with Gasteiger partial charge in [-0.1, -0.05) is 22.0 Å². The van der Waals surface area contributed by atoms with Crippen molar-refractivity contribution in [1.29, 1.82) is 0 Å². The van der Waals surface area contributed by atoms with Crippen LogP contribution < -0.4 is 25.8 Å².